The molecule has 2 saturated heterocycles. The number of pyridine rings is 8. The van der Waals surface area contributed by atoms with Crippen molar-refractivity contribution in [2.24, 2.45) is 0 Å². The number of hydrogen-bond donors (Lipinski definition) is 4. The fourth-order valence-corrected chi connectivity index (χ4v) is 8.89. The van der Waals surface area contributed by atoms with Crippen molar-refractivity contribution in [3.63, 3.8) is 0 Å². The van der Waals surface area contributed by atoms with Gasteiger partial charge in [-0.05, 0) is 105 Å². The highest BCUT2D eigenvalue weighted by Gasteiger charge is 2.27. The van der Waals surface area contributed by atoms with Gasteiger partial charge >= 0.3 is 6.09 Å². The Balaban J connectivity index is 0.000000161. The minimum Gasteiger partial charge on any atom is -0.444 e. The summed E-state index contributed by atoms with van der Waals surface area (Å²) in [7, 11) is 1.00. The van der Waals surface area contributed by atoms with Crippen LogP contribution in [0.25, 0.3) is 88.6 Å². The number of nitrogens with zero attached hydrogens (tertiary/aromatic N) is 11. The number of aromatic nitrogens is 10. The molecule has 1 amide bonds. The van der Waals surface area contributed by atoms with Gasteiger partial charge in [0.2, 0.25) is 0 Å². The number of hydrogen-bond acceptors (Lipinski definition) is 14. The molecule has 4 N–H and O–H groups in total. The summed E-state index contributed by atoms with van der Waals surface area (Å²) in [6.07, 6.45) is 18.1. The number of piperazine rings is 2. The van der Waals surface area contributed by atoms with E-state index < -0.39 is 5.60 Å². The lowest BCUT2D eigenvalue weighted by Gasteiger charge is -2.36. The molecule has 0 bridgehead atoms. The van der Waals surface area contributed by atoms with E-state index in [1.54, 1.807) is 17.3 Å². The molecule has 71 heavy (non-hydrogen) atoms. The summed E-state index contributed by atoms with van der Waals surface area (Å²) >= 11 is 0. The summed E-state index contributed by atoms with van der Waals surface area (Å²) in [5.74, 6) is 1.90. The van der Waals surface area contributed by atoms with Crippen LogP contribution in [0.15, 0.2) is 135 Å². The van der Waals surface area contributed by atoms with Crippen molar-refractivity contribution < 1.29 is 14.6 Å². The predicted molar refractivity (Wildman–Crippen MR) is 279 cm³/mol. The molecule has 10 aromatic rings. The Morgan fingerprint density at radius 1 is 0.521 bits per heavy atom. The van der Waals surface area contributed by atoms with Gasteiger partial charge in [0, 0.05) is 153 Å². The quantitative estimate of drug-likeness (QED) is 0.123. The van der Waals surface area contributed by atoms with E-state index in [0.717, 1.165) is 134 Å². The average Bonchev–Trinajstić information content (AvgIpc) is 3.99. The molecule has 0 aromatic carbocycles. The average molecular weight is 947 g/mol. The zero-order valence-corrected chi connectivity index (χ0v) is 40.0. The fourth-order valence-electron chi connectivity index (χ4n) is 8.89. The second-order valence-electron chi connectivity index (χ2n) is 18.2. The number of aromatic amines is 2. The number of nitrogens with one attached hydrogen (secondary N) is 3. The number of carbonyl (C=O) groups excluding carboxylic acids is 1. The SMILES string of the molecule is CC(C)(C)OC(=O)N1CCN(c2cc(-c3cnc4[nH]c5cnc(-c6cccnc6)cc5c4c3)ccn2)CC1.CO.c1cncc(-c2cc3c(cn2)[nH]c2ncc(-c4ccnc(N5CCNCC5)c4)cc23)c1. The maximum absolute atomic E-state index is 12.4. The topological polar surface area (TPSA) is 203 Å². The Bertz CT molecular complexity index is 3450. The van der Waals surface area contributed by atoms with Crippen LogP contribution in [0.2, 0.25) is 0 Å². The van der Waals surface area contributed by atoms with Gasteiger partial charge in [-0.1, -0.05) is 0 Å². The van der Waals surface area contributed by atoms with E-state index in [1.807, 2.05) is 107 Å². The number of amides is 1. The van der Waals surface area contributed by atoms with Crippen LogP contribution in [-0.2, 0) is 4.74 Å². The molecule has 0 aliphatic carbocycles. The van der Waals surface area contributed by atoms with E-state index in [2.05, 4.69) is 91.4 Å². The van der Waals surface area contributed by atoms with E-state index in [9.17, 15) is 4.79 Å². The standard InChI is InChI=1S/C29H29N7O2.C24H21N7.CH4O/c1-29(2,3)38-28(37)36-11-9-35(10-12-36)26-14-19(6-8-31-26)21-13-23-22-15-24(20-5-4-7-30-16-20)32-18-25(22)34-27(23)33-17-21;1-2-17(13-26-4-1)21-12-19-20-10-18(14-29-24(20)30-22(19)15-28-21)16-3-5-27-23(11-16)31-8-6-25-7-9-31;1-2/h4-8,13-18H,9-12H2,1-3H3,(H,33,34);1-5,10-15,25H,6-9H2,(H,29,30);2H,1H3. The van der Waals surface area contributed by atoms with Gasteiger partial charge in [0.1, 0.15) is 28.5 Å². The van der Waals surface area contributed by atoms with Crippen LogP contribution in [0, 0.1) is 0 Å². The molecule has 0 atom stereocenters. The van der Waals surface area contributed by atoms with Crippen molar-refractivity contribution in [2.45, 2.75) is 26.4 Å². The lowest BCUT2D eigenvalue weighted by Crippen LogP contribution is -2.50. The molecule has 0 radical (unpaired) electrons. The Hall–Kier alpha value is -8.41. The number of fused-ring (bicyclic) bond motifs is 6. The van der Waals surface area contributed by atoms with Gasteiger partial charge in [-0.25, -0.2) is 24.7 Å². The highest BCUT2D eigenvalue weighted by Crippen LogP contribution is 2.34. The molecule has 0 spiro atoms. The van der Waals surface area contributed by atoms with Crippen molar-refractivity contribution in [3.8, 4) is 44.8 Å². The predicted octanol–water partition coefficient (Wildman–Crippen LogP) is 8.55. The van der Waals surface area contributed by atoms with Gasteiger partial charge < -0.3 is 39.8 Å². The molecule has 0 saturated carbocycles. The van der Waals surface area contributed by atoms with Gasteiger partial charge in [0.05, 0.1) is 34.8 Å². The van der Waals surface area contributed by atoms with Crippen LogP contribution in [0.4, 0.5) is 16.4 Å². The van der Waals surface area contributed by atoms with Crippen molar-refractivity contribution in [1.29, 1.82) is 0 Å². The van der Waals surface area contributed by atoms with E-state index in [4.69, 9.17) is 19.8 Å². The first-order valence-corrected chi connectivity index (χ1v) is 23.6. The highest BCUT2D eigenvalue weighted by molar-refractivity contribution is 6.08. The minimum atomic E-state index is -0.499. The fraction of sp³-hybridized carbons (Fsp3) is 0.241. The zero-order chi connectivity index (χ0) is 48.9. The van der Waals surface area contributed by atoms with Gasteiger partial charge in [-0.2, -0.15) is 0 Å². The molecule has 358 valence electrons. The van der Waals surface area contributed by atoms with Gasteiger partial charge in [0.25, 0.3) is 0 Å². The summed E-state index contributed by atoms with van der Waals surface area (Å²) in [6, 6.07) is 24.7. The molecule has 12 rings (SSSR count). The monoisotopic (exact) mass is 946 g/mol. The third-order valence-corrected chi connectivity index (χ3v) is 12.4. The first-order valence-electron chi connectivity index (χ1n) is 23.6. The summed E-state index contributed by atoms with van der Waals surface area (Å²) in [5, 5.41) is 14.7. The Morgan fingerprint density at radius 3 is 1.48 bits per heavy atom. The largest absolute Gasteiger partial charge is 0.444 e. The van der Waals surface area contributed by atoms with Crippen LogP contribution in [0.3, 0.4) is 0 Å². The lowest BCUT2D eigenvalue weighted by atomic mass is 10.1. The molecular formula is C54H54N14O3. The molecule has 10 aromatic heterocycles. The van der Waals surface area contributed by atoms with Gasteiger partial charge in [-0.3, -0.25) is 19.9 Å². The summed E-state index contributed by atoms with van der Waals surface area (Å²) < 4.78 is 5.52. The molecule has 2 aliphatic rings. The Morgan fingerprint density at radius 2 is 1.01 bits per heavy atom. The maximum atomic E-state index is 12.4. The normalized spacial score (nSPS) is 14.0. The van der Waals surface area contributed by atoms with Crippen molar-refractivity contribution >= 4 is 61.6 Å². The van der Waals surface area contributed by atoms with Crippen LogP contribution in [-0.4, -0.2) is 131 Å². The van der Waals surface area contributed by atoms with Crippen molar-refractivity contribution in [3.05, 3.63) is 135 Å². The third-order valence-electron chi connectivity index (χ3n) is 12.4. The van der Waals surface area contributed by atoms with E-state index in [0.29, 0.717) is 26.2 Å². The summed E-state index contributed by atoms with van der Waals surface area (Å²) in [4.78, 5) is 61.7. The molecule has 2 aliphatic heterocycles. The van der Waals surface area contributed by atoms with Crippen LogP contribution >= 0.6 is 0 Å². The van der Waals surface area contributed by atoms with E-state index in [-0.39, 0.29) is 6.09 Å². The first kappa shape index (κ1) is 46.3. The van der Waals surface area contributed by atoms with Gasteiger partial charge in [0.15, 0.2) is 0 Å². The Kier molecular flexibility index (Phi) is 13.2. The summed E-state index contributed by atoms with van der Waals surface area (Å²) in [6.45, 7) is 12.2. The van der Waals surface area contributed by atoms with Crippen molar-refractivity contribution in [1.82, 2.24) is 60.1 Å². The first-order chi connectivity index (χ1) is 34.7. The smallest absolute Gasteiger partial charge is 0.410 e. The molecular weight excluding hydrogens is 893 g/mol. The number of anilines is 2. The third kappa shape index (κ3) is 10.2. The lowest BCUT2D eigenvalue weighted by molar-refractivity contribution is 0.0240. The summed E-state index contributed by atoms with van der Waals surface area (Å²) in [5.41, 5.74) is 11.1. The second-order valence-corrected chi connectivity index (χ2v) is 18.2. The maximum Gasteiger partial charge on any atom is 0.410 e. The van der Waals surface area contributed by atoms with Crippen LogP contribution in [0.1, 0.15) is 20.8 Å². The highest BCUT2D eigenvalue weighted by atomic mass is 16.6. The number of ether oxygens (including phenoxy) is 1. The second kappa shape index (κ2) is 20.3. The molecule has 12 heterocycles. The molecule has 2 fully saturated rings. The number of H-pyrrole nitrogens is 2. The van der Waals surface area contributed by atoms with E-state index >= 15 is 0 Å². The molecule has 17 heteroatoms. The molecule has 17 nitrogen and oxygen atoms in total. The number of aliphatic hydroxyl groups excluding tert-OH is 1. The number of aliphatic hydroxyl groups is 1. The number of carbonyl (C=O) groups is 1. The molecule has 0 unspecified atom stereocenters. The number of rotatable bonds is 6. The van der Waals surface area contributed by atoms with Gasteiger partial charge in [-0.15, -0.1) is 0 Å². The van der Waals surface area contributed by atoms with E-state index in [1.165, 1.54) is 0 Å². The Labute approximate surface area is 410 Å². The van der Waals surface area contributed by atoms with Crippen molar-refractivity contribution in [2.75, 3.05) is 69.3 Å². The van der Waals surface area contributed by atoms with Crippen LogP contribution in [0.5, 0.6) is 0 Å². The minimum absolute atomic E-state index is 0.265. The van der Waals surface area contributed by atoms with Crippen LogP contribution < -0.4 is 15.1 Å². The zero-order valence-electron chi connectivity index (χ0n) is 40.0.